The molecule has 2 aliphatic heterocycles. The molecule has 1 atom stereocenters. The van der Waals surface area contributed by atoms with Crippen molar-refractivity contribution < 1.29 is 9.50 Å². The largest absolute Gasteiger partial charge is 0.395 e. The smallest absolute Gasteiger partial charge is 0.228 e. The van der Waals surface area contributed by atoms with Gasteiger partial charge in [0.15, 0.2) is 0 Å². The van der Waals surface area contributed by atoms with Crippen molar-refractivity contribution in [3.63, 3.8) is 0 Å². The van der Waals surface area contributed by atoms with Crippen molar-refractivity contribution in [1.82, 2.24) is 24.6 Å². The molecular formula is C27H33FN8O. The van der Waals surface area contributed by atoms with Gasteiger partial charge in [-0.2, -0.15) is 10.4 Å². The van der Waals surface area contributed by atoms with Crippen LogP contribution in [-0.2, 0) is 12.0 Å². The maximum atomic E-state index is 12.7. The first-order valence-electron chi connectivity index (χ1n) is 12.8. The van der Waals surface area contributed by atoms with Crippen LogP contribution in [-0.4, -0.2) is 69.2 Å². The Kier molecular flexibility index (Phi) is 7.09. The minimum Gasteiger partial charge on any atom is -0.395 e. The van der Waals surface area contributed by atoms with Gasteiger partial charge in [0.05, 0.1) is 29.2 Å². The Morgan fingerprint density at radius 1 is 1.30 bits per heavy atom. The standard InChI is InChI=1S/C27H33FN8O/c1-18-11-24(36(34-18)15-19-4-8-35(9-5-19)10-6-28)33-26-30-7-3-23(32-26)20-12-21(14-29)25-22(13-20)27(2,17-37)16-31-25/h3,7,11-13,19,31,37H,4-6,8-10,15-17H2,1-2H3,(H,30,32,33)/t27-/m0/s1. The number of nitrogens with one attached hydrogen (secondary N) is 2. The maximum absolute atomic E-state index is 12.7. The van der Waals surface area contributed by atoms with Gasteiger partial charge in [0, 0.05) is 42.9 Å². The topological polar surface area (TPSA) is 115 Å². The van der Waals surface area contributed by atoms with Gasteiger partial charge in [-0.3, -0.25) is 0 Å². The van der Waals surface area contributed by atoms with Crippen molar-refractivity contribution in [3.05, 3.63) is 47.3 Å². The molecule has 37 heavy (non-hydrogen) atoms. The maximum Gasteiger partial charge on any atom is 0.228 e. The van der Waals surface area contributed by atoms with E-state index in [9.17, 15) is 14.8 Å². The van der Waals surface area contributed by atoms with Crippen LogP contribution >= 0.6 is 0 Å². The Labute approximate surface area is 216 Å². The molecule has 2 aliphatic rings. The lowest BCUT2D eigenvalue weighted by Gasteiger charge is -2.31. The molecular weight excluding hydrogens is 471 g/mol. The fourth-order valence-corrected chi connectivity index (χ4v) is 5.30. The van der Waals surface area contributed by atoms with E-state index in [0.29, 0.717) is 36.2 Å². The van der Waals surface area contributed by atoms with Crippen LogP contribution in [0.4, 0.5) is 21.8 Å². The Hall–Kier alpha value is -3.55. The highest BCUT2D eigenvalue weighted by Gasteiger charge is 2.36. The third-order valence-corrected chi connectivity index (χ3v) is 7.55. The SMILES string of the molecule is Cc1cc(Nc2nccc(-c3cc(C#N)c4c(c3)[C@](C)(CO)CN4)n2)n(CC2CCN(CCF)CC2)n1. The summed E-state index contributed by atoms with van der Waals surface area (Å²) >= 11 is 0. The average Bonchev–Trinajstić information content (AvgIpc) is 3.43. The van der Waals surface area contributed by atoms with Crippen LogP contribution in [0.15, 0.2) is 30.5 Å². The van der Waals surface area contributed by atoms with Crippen molar-refractivity contribution >= 4 is 17.5 Å². The molecule has 0 spiro atoms. The Balaban J connectivity index is 1.37. The Morgan fingerprint density at radius 2 is 2.11 bits per heavy atom. The third kappa shape index (κ3) is 5.15. The Bertz CT molecular complexity index is 1310. The number of rotatable bonds is 8. The number of nitrogens with zero attached hydrogens (tertiary/aromatic N) is 6. The van der Waals surface area contributed by atoms with Gasteiger partial charge in [0.1, 0.15) is 18.6 Å². The van der Waals surface area contributed by atoms with Gasteiger partial charge in [-0.15, -0.1) is 0 Å². The van der Waals surface area contributed by atoms with Crippen molar-refractivity contribution in [3.8, 4) is 17.3 Å². The first-order chi connectivity index (χ1) is 17.9. The van der Waals surface area contributed by atoms with Crippen LogP contribution in [0.1, 0.15) is 36.6 Å². The van der Waals surface area contributed by atoms with Crippen molar-refractivity contribution in [1.29, 1.82) is 5.26 Å². The van der Waals surface area contributed by atoms with Crippen LogP contribution in [0.25, 0.3) is 11.3 Å². The van der Waals surface area contributed by atoms with Gasteiger partial charge in [0.25, 0.3) is 0 Å². The summed E-state index contributed by atoms with van der Waals surface area (Å²) in [6, 6.07) is 9.90. The van der Waals surface area contributed by atoms with E-state index in [4.69, 9.17) is 4.98 Å². The van der Waals surface area contributed by atoms with Gasteiger partial charge in [-0.25, -0.2) is 19.0 Å². The fraction of sp³-hybridized carbons (Fsp3) is 0.481. The lowest BCUT2D eigenvalue weighted by atomic mass is 9.83. The van der Waals surface area contributed by atoms with Gasteiger partial charge in [-0.1, -0.05) is 6.92 Å². The first-order valence-corrected chi connectivity index (χ1v) is 12.8. The lowest BCUT2D eigenvalue weighted by molar-refractivity contribution is 0.161. The molecule has 1 aromatic carbocycles. The molecule has 0 amide bonds. The summed E-state index contributed by atoms with van der Waals surface area (Å²) in [5, 5.41) is 31.0. The number of benzene rings is 1. The summed E-state index contributed by atoms with van der Waals surface area (Å²) < 4.78 is 14.6. The molecule has 3 N–H and O–H groups in total. The van der Waals surface area contributed by atoms with Crippen molar-refractivity contribution in [2.45, 2.75) is 38.6 Å². The highest BCUT2D eigenvalue weighted by molar-refractivity contribution is 5.76. The van der Waals surface area contributed by atoms with Crippen LogP contribution < -0.4 is 10.6 Å². The van der Waals surface area contributed by atoms with Gasteiger partial charge < -0.3 is 20.6 Å². The van der Waals surface area contributed by atoms with Crippen molar-refractivity contribution in [2.75, 3.05) is 50.1 Å². The quantitative estimate of drug-likeness (QED) is 0.426. The predicted molar refractivity (Wildman–Crippen MR) is 140 cm³/mol. The number of fused-ring (bicyclic) bond motifs is 1. The number of piperidine rings is 1. The normalized spacial score (nSPS) is 19.9. The summed E-state index contributed by atoms with van der Waals surface area (Å²) in [7, 11) is 0. The number of hydrogen-bond donors (Lipinski definition) is 3. The lowest BCUT2D eigenvalue weighted by Crippen LogP contribution is -2.36. The molecule has 3 aromatic rings. The first kappa shape index (κ1) is 25.1. The summed E-state index contributed by atoms with van der Waals surface area (Å²) in [4.78, 5) is 11.3. The monoisotopic (exact) mass is 504 g/mol. The summed E-state index contributed by atoms with van der Waals surface area (Å²) in [5.74, 6) is 1.75. The number of aliphatic hydroxyl groups is 1. The minimum atomic E-state index is -0.461. The number of hydrogen-bond acceptors (Lipinski definition) is 8. The van der Waals surface area contributed by atoms with Crippen LogP contribution in [0.3, 0.4) is 0 Å². The molecule has 1 saturated heterocycles. The Morgan fingerprint density at radius 3 is 2.84 bits per heavy atom. The van der Waals surface area contributed by atoms with E-state index >= 15 is 0 Å². The van der Waals surface area contributed by atoms with E-state index in [-0.39, 0.29) is 13.3 Å². The number of aromatic nitrogens is 4. The molecule has 4 heterocycles. The van der Waals surface area contributed by atoms with Crippen LogP contribution in [0.5, 0.6) is 0 Å². The number of aliphatic hydroxyl groups excluding tert-OH is 1. The van der Waals surface area contributed by atoms with E-state index in [1.807, 2.05) is 42.8 Å². The number of anilines is 3. The van der Waals surface area contributed by atoms with E-state index in [2.05, 4.69) is 31.7 Å². The number of likely N-dealkylation sites (tertiary alicyclic amines) is 1. The van der Waals surface area contributed by atoms with E-state index < -0.39 is 5.41 Å². The summed E-state index contributed by atoms with van der Waals surface area (Å²) in [5.41, 5.74) is 4.16. The van der Waals surface area contributed by atoms with Crippen molar-refractivity contribution in [2.24, 2.45) is 5.92 Å². The second-order valence-corrected chi connectivity index (χ2v) is 10.3. The predicted octanol–water partition coefficient (Wildman–Crippen LogP) is 3.62. The van der Waals surface area contributed by atoms with Gasteiger partial charge in [-0.05, 0) is 62.5 Å². The number of alkyl halides is 1. The molecule has 0 aliphatic carbocycles. The molecule has 10 heteroatoms. The zero-order chi connectivity index (χ0) is 26.0. The third-order valence-electron chi connectivity index (χ3n) is 7.55. The van der Waals surface area contributed by atoms with E-state index in [0.717, 1.165) is 60.8 Å². The van der Waals surface area contributed by atoms with Gasteiger partial charge in [0.2, 0.25) is 5.95 Å². The minimum absolute atomic E-state index is 0.0177. The van der Waals surface area contributed by atoms with Gasteiger partial charge >= 0.3 is 0 Å². The highest BCUT2D eigenvalue weighted by atomic mass is 19.1. The fourth-order valence-electron chi connectivity index (χ4n) is 5.30. The van der Waals surface area contributed by atoms with Crippen LogP contribution in [0, 0.1) is 24.2 Å². The summed E-state index contributed by atoms with van der Waals surface area (Å²) in [6.07, 6.45) is 3.73. The van der Waals surface area contributed by atoms with E-state index in [1.165, 1.54) is 0 Å². The molecule has 0 unspecified atom stereocenters. The molecule has 5 rings (SSSR count). The number of aryl methyl sites for hydroxylation is 1. The van der Waals surface area contributed by atoms with Crippen LogP contribution in [0.2, 0.25) is 0 Å². The molecule has 2 aromatic heterocycles. The highest BCUT2D eigenvalue weighted by Crippen LogP contribution is 2.41. The average molecular weight is 505 g/mol. The zero-order valence-corrected chi connectivity index (χ0v) is 21.3. The molecule has 194 valence electrons. The molecule has 1 fully saturated rings. The molecule has 9 nitrogen and oxygen atoms in total. The second-order valence-electron chi connectivity index (χ2n) is 10.3. The zero-order valence-electron chi connectivity index (χ0n) is 21.3. The molecule has 0 radical (unpaired) electrons. The molecule has 0 bridgehead atoms. The summed E-state index contributed by atoms with van der Waals surface area (Å²) in [6.45, 7) is 7.34. The number of halogens is 1. The molecule has 0 saturated carbocycles. The second kappa shape index (κ2) is 10.4. The number of nitriles is 1. The van der Waals surface area contributed by atoms with E-state index in [1.54, 1.807) is 6.20 Å².